The van der Waals surface area contributed by atoms with E-state index in [2.05, 4.69) is 36.2 Å². The molecule has 2 aliphatic heterocycles. The largest absolute Gasteiger partial charge is 0.381 e. The zero-order valence-corrected chi connectivity index (χ0v) is 18.4. The van der Waals surface area contributed by atoms with Gasteiger partial charge in [0.05, 0.1) is 18.2 Å². The summed E-state index contributed by atoms with van der Waals surface area (Å²) < 4.78 is 5.46. The maximum absolute atomic E-state index is 13.1. The van der Waals surface area contributed by atoms with Gasteiger partial charge in [0.1, 0.15) is 0 Å². The van der Waals surface area contributed by atoms with E-state index in [-0.39, 0.29) is 17.7 Å². The van der Waals surface area contributed by atoms with Crippen LogP contribution in [-0.4, -0.2) is 52.1 Å². The zero-order chi connectivity index (χ0) is 21.9. The van der Waals surface area contributed by atoms with Gasteiger partial charge in [0, 0.05) is 55.3 Å². The van der Waals surface area contributed by atoms with Gasteiger partial charge in [0.15, 0.2) is 5.82 Å². The lowest BCUT2D eigenvalue weighted by Crippen LogP contribution is -2.42. The molecule has 0 radical (unpaired) electrons. The molecule has 0 bridgehead atoms. The summed E-state index contributed by atoms with van der Waals surface area (Å²) in [7, 11) is 0. The molecule has 0 unspecified atom stereocenters. The minimum Gasteiger partial charge on any atom is -0.381 e. The second kappa shape index (κ2) is 9.17. The monoisotopic (exact) mass is 428 g/mol. The molecule has 0 N–H and O–H groups in total. The SMILES string of the molecule is Cc1ccccc1-c1cnc(-c2ccncc2)nc1[C@@H]1CCCN(C(=O)[C@H]2CCOC2)C1. The lowest BCUT2D eigenvalue weighted by Gasteiger charge is -2.34. The van der Waals surface area contributed by atoms with Crippen LogP contribution < -0.4 is 0 Å². The molecule has 3 aromatic rings. The molecule has 2 aliphatic rings. The van der Waals surface area contributed by atoms with Crippen molar-refractivity contribution >= 4 is 5.91 Å². The van der Waals surface area contributed by atoms with Crippen molar-refractivity contribution in [1.29, 1.82) is 0 Å². The third kappa shape index (κ3) is 4.15. The van der Waals surface area contributed by atoms with E-state index in [1.54, 1.807) is 12.4 Å². The zero-order valence-electron chi connectivity index (χ0n) is 18.4. The van der Waals surface area contributed by atoms with Crippen molar-refractivity contribution in [2.75, 3.05) is 26.3 Å². The molecule has 32 heavy (non-hydrogen) atoms. The molecule has 5 rings (SSSR count). The Morgan fingerprint density at radius 3 is 2.72 bits per heavy atom. The van der Waals surface area contributed by atoms with Gasteiger partial charge in [-0.2, -0.15) is 0 Å². The third-order valence-corrected chi connectivity index (χ3v) is 6.59. The standard InChI is InChI=1S/C26H28N4O2/c1-18-5-2-3-7-22(18)23-15-28-25(19-8-11-27-12-9-19)29-24(23)20-6-4-13-30(16-20)26(31)21-10-14-32-17-21/h2-3,5,7-9,11-12,15,20-21H,4,6,10,13-14,16-17H2,1H3/t20-,21+/m1/s1. The fraction of sp³-hybridized carbons (Fsp3) is 0.385. The molecular weight excluding hydrogens is 400 g/mol. The van der Waals surface area contributed by atoms with Gasteiger partial charge in [-0.25, -0.2) is 9.97 Å². The normalized spacial score (nSPS) is 21.0. The smallest absolute Gasteiger partial charge is 0.228 e. The highest BCUT2D eigenvalue weighted by Gasteiger charge is 2.33. The fourth-order valence-corrected chi connectivity index (χ4v) is 4.82. The Kier molecular flexibility index (Phi) is 5.95. The third-order valence-electron chi connectivity index (χ3n) is 6.59. The van der Waals surface area contributed by atoms with Crippen LogP contribution in [0.15, 0.2) is 55.0 Å². The van der Waals surface area contributed by atoms with Gasteiger partial charge in [-0.15, -0.1) is 0 Å². The fourth-order valence-electron chi connectivity index (χ4n) is 4.82. The van der Waals surface area contributed by atoms with Crippen LogP contribution in [0.4, 0.5) is 0 Å². The highest BCUT2D eigenvalue weighted by molar-refractivity contribution is 5.79. The second-order valence-electron chi connectivity index (χ2n) is 8.73. The first-order chi connectivity index (χ1) is 15.7. The van der Waals surface area contributed by atoms with E-state index < -0.39 is 0 Å². The molecule has 2 atom stereocenters. The first-order valence-electron chi connectivity index (χ1n) is 11.4. The number of piperidine rings is 1. The van der Waals surface area contributed by atoms with Crippen LogP contribution in [0.2, 0.25) is 0 Å². The number of carbonyl (C=O) groups excluding carboxylic acids is 1. The summed E-state index contributed by atoms with van der Waals surface area (Å²) in [6.07, 6.45) is 8.29. The van der Waals surface area contributed by atoms with E-state index in [1.165, 1.54) is 5.56 Å². The molecule has 6 heteroatoms. The molecule has 0 spiro atoms. The van der Waals surface area contributed by atoms with E-state index in [0.717, 1.165) is 48.2 Å². The Bertz CT molecular complexity index is 1100. The quantitative estimate of drug-likeness (QED) is 0.621. The van der Waals surface area contributed by atoms with E-state index in [1.807, 2.05) is 23.2 Å². The highest BCUT2D eigenvalue weighted by atomic mass is 16.5. The van der Waals surface area contributed by atoms with Crippen LogP contribution in [-0.2, 0) is 9.53 Å². The first kappa shape index (κ1) is 20.8. The van der Waals surface area contributed by atoms with Crippen molar-refractivity contribution in [3.8, 4) is 22.5 Å². The minimum absolute atomic E-state index is 0.00219. The van der Waals surface area contributed by atoms with Crippen molar-refractivity contribution in [3.05, 3.63) is 66.2 Å². The molecule has 164 valence electrons. The molecule has 2 saturated heterocycles. The highest BCUT2D eigenvalue weighted by Crippen LogP contribution is 2.36. The van der Waals surface area contributed by atoms with Crippen LogP contribution in [0.5, 0.6) is 0 Å². The summed E-state index contributed by atoms with van der Waals surface area (Å²) in [4.78, 5) is 29.0. The lowest BCUT2D eigenvalue weighted by atomic mass is 9.88. The number of carbonyl (C=O) groups is 1. The minimum atomic E-state index is 0.00219. The second-order valence-corrected chi connectivity index (χ2v) is 8.73. The Hall–Kier alpha value is -3.12. The van der Waals surface area contributed by atoms with E-state index >= 15 is 0 Å². The average molecular weight is 429 g/mol. The predicted octanol–water partition coefficient (Wildman–Crippen LogP) is 4.26. The number of amides is 1. The first-order valence-corrected chi connectivity index (χ1v) is 11.4. The summed E-state index contributed by atoms with van der Waals surface area (Å²) in [5.41, 5.74) is 5.38. The van der Waals surface area contributed by atoms with Gasteiger partial charge in [-0.1, -0.05) is 24.3 Å². The summed E-state index contributed by atoms with van der Waals surface area (Å²) in [6.45, 7) is 4.86. The number of aromatic nitrogens is 3. The molecule has 1 aromatic carbocycles. The van der Waals surface area contributed by atoms with Gasteiger partial charge >= 0.3 is 0 Å². The number of nitrogens with zero attached hydrogens (tertiary/aromatic N) is 4. The van der Waals surface area contributed by atoms with Crippen LogP contribution in [0.1, 0.15) is 36.4 Å². The number of rotatable bonds is 4. The van der Waals surface area contributed by atoms with Crippen LogP contribution in [0.25, 0.3) is 22.5 Å². The van der Waals surface area contributed by atoms with Gasteiger partial charge in [0.25, 0.3) is 0 Å². The molecular formula is C26H28N4O2. The summed E-state index contributed by atoms with van der Waals surface area (Å²) in [5, 5.41) is 0. The van der Waals surface area contributed by atoms with Crippen molar-refractivity contribution in [2.45, 2.75) is 32.1 Å². The van der Waals surface area contributed by atoms with Crippen LogP contribution >= 0.6 is 0 Å². The number of benzene rings is 1. The van der Waals surface area contributed by atoms with E-state index in [4.69, 9.17) is 14.7 Å². The Morgan fingerprint density at radius 1 is 1.09 bits per heavy atom. The number of hydrogen-bond acceptors (Lipinski definition) is 5. The molecule has 2 aromatic heterocycles. The molecule has 1 amide bonds. The van der Waals surface area contributed by atoms with Crippen molar-refractivity contribution in [1.82, 2.24) is 19.9 Å². The maximum atomic E-state index is 13.1. The number of pyridine rings is 1. The Morgan fingerprint density at radius 2 is 1.94 bits per heavy atom. The lowest BCUT2D eigenvalue weighted by molar-refractivity contribution is -0.136. The Labute approximate surface area is 188 Å². The molecule has 6 nitrogen and oxygen atoms in total. The van der Waals surface area contributed by atoms with Gasteiger partial charge in [-0.3, -0.25) is 9.78 Å². The average Bonchev–Trinajstić information content (AvgIpc) is 3.39. The van der Waals surface area contributed by atoms with Crippen LogP contribution in [0.3, 0.4) is 0 Å². The number of aryl methyl sites for hydroxylation is 1. The summed E-state index contributed by atoms with van der Waals surface area (Å²) in [6, 6.07) is 12.2. The Balaban J connectivity index is 1.52. The molecule has 0 saturated carbocycles. The topological polar surface area (TPSA) is 68.2 Å². The molecule has 2 fully saturated rings. The van der Waals surface area contributed by atoms with Gasteiger partial charge in [-0.05, 0) is 49.4 Å². The number of likely N-dealkylation sites (tertiary alicyclic amines) is 1. The van der Waals surface area contributed by atoms with Crippen molar-refractivity contribution in [3.63, 3.8) is 0 Å². The van der Waals surface area contributed by atoms with E-state index in [9.17, 15) is 4.79 Å². The maximum Gasteiger partial charge on any atom is 0.228 e. The molecule has 0 aliphatic carbocycles. The van der Waals surface area contributed by atoms with Crippen molar-refractivity contribution < 1.29 is 9.53 Å². The van der Waals surface area contributed by atoms with Crippen LogP contribution in [0, 0.1) is 12.8 Å². The van der Waals surface area contributed by atoms with Gasteiger partial charge < -0.3 is 9.64 Å². The number of hydrogen-bond donors (Lipinski definition) is 0. The van der Waals surface area contributed by atoms with Crippen molar-refractivity contribution in [2.24, 2.45) is 5.92 Å². The number of ether oxygens (including phenoxy) is 1. The summed E-state index contributed by atoms with van der Waals surface area (Å²) >= 11 is 0. The van der Waals surface area contributed by atoms with E-state index in [0.29, 0.717) is 25.6 Å². The summed E-state index contributed by atoms with van der Waals surface area (Å²) in [5.74, 6) is 1.11. The molecule has 4 heterocycles. The predicted molar refractivity (Wildman–Crippen MR) is 123 cm³/mol. The van der Waals surface area contributed by atoms with Gasteiger partial charge in [0.2, 0.25) is 5.91 Å².